The molecule has 0 saturated heterocycles. The Morgan fingerprint density at radius 1 is 1.21 bits per heavy atom. The van der Waals surface area contributed by atoms with Crippen molar-refractivity contribution >= 4 is 0 Å². The predicted molar refractivity (Wildman–Crippen MR) is 55.3 cm³/mol. The van der Waals surface area contributed by atoms with Gasteiger partial charge < -0.3 is 9.47 Å². The van der Waals surface area contributed by atoms with Crippen LogP contribution in [0.1, 0.15) is 34.1 Å². The third kappa shape index (κ3) is 3.22. The van der Waals surface area contributed by atoms with Crippen molar-refractivity contribution in [3.8, 4) is 0 Å². The van der Waals surface area contributed by atoms with Gasteiger partial charge in [0.15, 0.2) is 0 Å². The fourth-order valence-corrected chi connectivity index (χ4v) is 0.944. The van der Waals surface area contributed by atoms with Gasteiger partial charge >= 0.3 is 5.95 Å². The molecule has 0 unspecified atom stereocenters. The van der Waals surface area contributed by atoms with Crippen molar-refractivity contribution in [2.75, 3.05) is 14.2 Å². The van der Waals surface area contributed by atoms with E-state index in [9.17, 15) is 5.11 Å². The molecule has 0 amide bonds. The summed E-state index contributed by atoms with van der Waals surface area (Å²) in [6.07, 6.45) is 2.20. The first-order valence-electron chi connectivity index (χ1n) is 4.73. The molecule has 0 rings (SSSR count). The molecule has 0 N–H and O–H groups in total. The first kappa shape index (κ1) is 13.3. The first-order chi connectivity index (χ1) is 6.27. The molecule has 3 nitrogen and oxygen atoms in total. The average molecular weight is 201 g/mol. The van der Waals surface area contributed by atoms with Gasteiger partial charge in [0.1, 0.15) is 0 Å². The highest BCUT2D eigenvalue weighted by atomic mass is 16.6. The minimum absolute atomic E-state index is 0.101. The van der Waals surface area contributed by atoms with E-state index in [1.54, 1.807) is 13.2 Å². The Morgan fingerprint density at radius 3 is 2.07 bits per heavy atom. The molecule has 0 fully saturated rings. The highest BCUT2D eigenvalue weighted by Gasteiger charge is 2.36. The lowest BCUT2D eigenvalue weighted by Crippen LogP contribution is -2.40. The molecular weight excluding hydrogens is 180 g/mol. The molecule has 0 bridgehead atoms. The summed E-state index contributed by atoms with van der Waals surface area (Å²) in [6.45, 7) is 8.15. The van der Waals surface area contributed by atoms with Crippen LogP contribution in [-0.2, 0) is 14.6 Å². The van der Waals surface area contributed by atoms with Gasteiger partial charge in [-0.2, -0.15) is 0 Å². The topological polar surface area (TPSA) is 38.4 Å². The van der Waals surface area contributed by atoms with Crippen LogP contribution in [0.3, 0.4) is 0 Å². The predicted octanol–water partition coefficient (Wildman–Crippen LogP) is 2.75. The lowest BCUT2D eigenvalue weighted by atomic mass is 9.74. The second-order valence-corrected chi connectivity index (χ2v) is 4.53. The van der Waals surface area contributed by atoms with E-state index in [1.807, 2.05) is 13.8 Å². The van der Waals surface area contributed by atoms with Crippen molar-refractivity contribution in [3.63, 3.8) is 0 Å². The maximum Gasteiger partial charge on any atom is 0.326 e. The molecule has 0 aliphatic heterocycles. The van der Waals surface area contributed by atoms with Crippen molar-refractivity contribution in [1.82, 2.24) is 0 Å². The van der Waals surface area contributed by atoms with Crippen LogP contribution < -0.4 is 0 Å². The van der Waals surface area contributed by atoms with Gasteiger partial charge in [-0.25, -0.2) is 5.11 Å². The Balaban J connectivity index is 4.49. The van der Waals surface area contributed by atoms with E-state index in [0.717, 1.165) is 0 Å². The molecule has 1 radical (unpaired) electrons. The third-order valence-electron chi connectivity index (χ3n) is 3.12. The number of hydrogen-bond acceptors (Lipinski definition) is 2. The second kappa shape index (κ2) is 4.69. The smallest absolute Gasteiger partial charge is 0.326 e. The Labute approximate surface area is 86.7 Å². The molecule has 0 aromatic heterocycles. The van der Waals surface area contributed by atoms with Crippen molar-refractivity contribution in [2.45, 2.75) is 39.7 Å². The maximum absolute atomic E-state index is 11.0. The quantitative estimate of drug-likeness (QED) is 0.641. The lowest BCUT2D eigenvalue weighted by molar-refractivity contribution is -0.0702. The largest absolute Gasteiger partial charge is 0.466 e. The van der Waals surface area contributed by atoms with E-state index in [4.69, 9.17) is 4.74 Å². The molecule has 0 spiro atoms. The minimum atomic E-state index is -0.287. The zero-order valence-electron chi connectivity index (χ0n) is 10.0. The van der Waals surface area contributed by atoms with Crippen LogP contribution in [0.4, 0.5) is 0 Å². The van der Waals surface area contributed by atoms with Gasteiger partial charge in [0.05, 0.1) is 12.7 Å². The molecule has 0 atom stereocenters. The van der Waals surface area contributed by atoms with Crippen molar-refractivity contribution in [1.29, 1.82) is 0 Å². The van der Waals surface area contributed by atoms with Gasteiger partial charge in [-0.1, -0.05) is 13.8 Å². The van der Waals surface area contributed by atoms with Crippen LogP contribution in [0.25, 0.3) is 0 Å². The monoisotopic (exact) mass is 201 g/mol. The molecular formula is C11H21O3. The Morgan fingerprint density at radius 2 is 1.71 bits per heavy atom. The fraction of sp³-hybridized carbons (Fsp3) is 0.818. The van der Waals surface area contributed by atoms with E-state index < -0.39 is 0 Å². The molecule has 0 saturated carbocycles. The first-order valence-corrected chi connectivity index (χ1v) is 4.73. The van der Waals surface area contributed by atoms with E-state index in [2.05, 4.69) is 18.6 Å². The Bertz CT molecular complexity index is 205. The van der Waals surface area contributed by atoms with Gasteiger partial charge in [0.2, 0.25) is 0 Å². The second-order valence-electron chi connectivity index (χ2n) is 4.53. The standard InChI is InChI=1S/C11H21O3/c1-10(2,11(3,4)14-6)8-7-9(12)13-5/h7H,8H2,1-6H3. The van der Waals surface area contributed by atoms with Crippen molar-refractivity contribution in [3.05, 3.63) is 12.0 Å². The molecule has 83 valence electrons. The third-order valence-corrected chi connectivity index (χ3v) is 3.12. The SMILES string of the molecule is COC([O])=CCC(C)(C)C(C)(C)OC. The highest BCUT2D eigenvalue weighted by Crippen LogP contribution is 2.36. The summed E-state index contributed by atoms with van der Waals surface area (Å²) in [6, 6.07) is 0. The molecule has 3 heteroatoms. The van der Waals surface area contributed by atoms with Crippen LogP contribution in [0.15, 0.2) is 12.0 Å². The van der Waals surface area contributed by atoms with Gasteiger partial charge in [0, 0.05) is 13.2 Å². The Hall–Kier alpha value is -0.700. The summed E-state index contributed by atoms with van der Waals surface area (Å²) in [5.41, 5.74) is -0.368. The zero-order chi connectivity index (χ0) is 11.4. The highest BCUT2D eigenvalue weighted by molar-refractivity contribution is 4.95. The lowest BCUT2D eigenvalue weighted by Gasteiger charge is -2.39. The number of rotatable bonds is 5. The van der Waals surface area contributed by atoms with Crippen LogP contribution in [0.2, 0.25) is 0 Å². The summed E-state index contributed by atoms with van der Waals surface area (Å²) in [7, 11) is 3.06. The summed E-state index contributed by atoms with van der Waals surface area (Å²) in [5.74, 6) is -0.287. The molecule has 0 heterocycles. The van der Waals surface area contributed by atoms with E-state index >= 15 is 0 Å². The van der Waals surface area contributed by atoms with E-state index in [-0.39, 0.29) is 17.0 Å². The summed E-state index contributed by atoms with van der Waals surface area (Å²) < 4.78 is 9.95. The van der Waals surface area contributed by atoms with Crippen LogP contribution in [-0.4, -0.2) is 19.8 Å². The molecule has 0 aliphatic carbocycles. The Kier molecular flexibility index (Phi) is 4.46. The molecule has 14 heavy (non-hydrogen) atoms. The van der Waals surface area contributed by atoms with Gasteiger partial charge in [-0.05, 0) is 25.7 Å². The van der Waals surface area contributed by atoms with Gasteiger partial charge in [0.25, 0.3) is 0 Å². The number of ether oxygens (including phenoxy) is 2. The minimum Gasteiger partial charge on any atom is -0.466 e. The zero-order valence-corrected chi connectivity index (χ0v) is 10.0. The number of methoxy groups -OCH3 is 2. The van der Waals surface area contributed by atoms with Crippen molar-refractivity contribution < 1.29 is 14.6 Å². The maximum atomic E-state index is 11.0. The van der Waals surface area contributed by atoms with Gasteiger partial charge in [-0.15, -0.1) is 0 Å². The normalized spacial score (nSPS) is 14.3. The number of hydrogen-bond donors (Lipinski definition) is 0. The average Bonchev–Trinajstić information content (AvgIpc) is 2.13. The van der Waals surface area contributed by atoms with Crippen LogP contribution >= 0.6 is 0 Å². The van der Waals surface area contributed by atoms with Crippen LogP contribution in [0, 0.1) is 5.41 Å². The fourth-order valence-electron chi connectivity index (χ4n) is 0.944. The molecule has 0 aromatic rings. The van der Waals surface area contributed by atoms with E-state index in [1.165, 1.54) is 7.11 Å². The molecule has 0 aliphatic rings. The number of allylic oxidation sites excluding steroid dienone is 1. The van der Waals surface area contributed by atoms with Crippen molar-refractivity contribution in [2.24, 2.45) is 5.41 Å². The van der Waals surface area contributed by atoms with Gasteiger partial charge in [-0.3, -0.25) is 0 Å². The summed E-state index contributed by atoms with van der Waals surface area (Å²) >= 11 is 0. The summed E-state index contributed by atoms with van der Waals surface area (Å²) in [5, 5.41) is 11.0. The molecule has 0 aromatic carbocycles. The van der Waals surface area contributed by atoms with E-state index in [0.29, 0.717) is 6.42 Å². The summed E-state index contributed by atoms with van der Waals surface area (Å²) in [4.78, 5) is 0. The van der Waals surface area contributed by atoms with Crippen LogP contribution in [0.5, 0.6) is 0 Å².